The number of carbonyl (C=O) groups excluding carboxylic acids is 2. The molecule has 0 fully saturated rings. The van der Waals surface area contributed by atoms with Crippen LogP contribution in [0.4, 0.5) is 14.5 Å². The van der Waals surface area contributed by atoms with Crippen molar-refractivity contribution >= 4 is 23.8 Å². The summed E-state index contributed by atoms with van der Waals surface area (Å²) in [6.07, 6.45) is 1.35. The molecule has 1 amide bonds. The monoisotopic (exact) mass is 348 g/mol. The van der Waals surface area contributed by atoms with Crippen LogP contribution in [0.5, 0.6) is 0 Å². The molecule has 0 spiro atoms. The molecule has 130 valence electrons. The van der Waals surface area contributed by atoms with E-state index in [4.69, 9.17) is 4.84 Å². The van der Waals surface area contributed by atoms with E-state index in [1.165, 1.54) is 19.4 Å². The fraction of sp³-hybridized carbons (Fsp3) is 0.118. The number of anilines is 1. The Morgan fingerprint density at radius 3 is 2.48 bits per heavy atom. The smallest absolute Gasteiger partial charge is 0.337 e. The van der Waals surface area contributed by atoms with E-state index in [9.17, 15) is 18.4 Å². The zero-order valence-corrected chi connectivity index (χ0v) is 13.2. The lowest BCUT2D eigenvalue weighted by Crippen LogP contribution is -2.17. The Morgan fingerprint density at radius 1 is 1.12 bits per heavy atom. The van der Waals surface area contributed by atoms with Crippen LogP contribution >= 0.6 is 0 Å². The summed E-state index contributed by atoms with van der Waals surface area (Å²) < 4.78 is 30.4. The molecule has 0 saturated carbocycles. The van der Waals surface area contributed by atoms with Crippen LogP contribution in [0.1, 0.15) is 15.9 Å². The van der Waals surface area contributed by atoms with Crippen LogP contribution in [0.3, 0.4) is 0 Å². The van der Waals surface area contributed by atoms with Gasteiger partial charge in [-0.2, -0.15) is 0 Å². The van der Waals surface area contributed by atoms with Gasteiger partial charge in [0.15, 0.2) is 18.2 Å². The highest BCUT2D eigenvalue weighted by Crippen LogP contribution is 2.12. The molecule has 0 aliphatic carbocycles. The van der Waals surface area contributed by atoms with Crippen LogP contribution < -0.4 is 5.32 Å². The normalized spacial score (nSPS) is 10.5. The van der Waals surface area contributed by atoms with Gasteiger partial charge in [0.2, 0.25) is 0 Å². The lowest BCUT2D eigenvalue weighted by atomic mass is 10.1. The summed E-state index contributed by atoms with van der Waals surface area (Å²) in [6, 6.07) is 9.36. The fourth-order valence-corrected chi connectivity index (χ4v) is 1.79. The van der Waals surface area contributed by atoms with Crippen molar-refractivity contribution in [2.75, 3.05) is 19.0 Å². The maximum absolute atomic E-state index is 13.0. The molecule has 8 heteroatoms. The quantitative estimate of drug-likeness (QED) is 0.495. The summed E-state index contributed by atoms with van der Waals surface area (Å²) >= 11 is 0. The van der Waals surface area contributed by atoms with E-state index in [2.05, 4.69) is 15.2 Å². The number of hydrogen-bond donors (Lipinski definition) is 1. The Bertz CT molecular complexity index is 792. The molecular formula is C17H14F2N2O4. The summed E-state index contributed by atoms with van der Waals surface area (Å²) in [5, 5.41) is 5.95. The maximum atomic E-state index is 13.0. The number of amides is 1. The van der Waals surface area contributed by atoms with Crippen molar-refractivity contribution in [2.24, 2.45) is 5.16 Å². The lowest BCUT2D eigenvalue weighted by Gasteiger charge is -2.04. The second-order valence-electron chi connectivity index (χ2n) is 4.80. The van der Waals surface area contributed by atoms with Crippen molar-refractivity contribution < 1.29 is 27.9 Å². The molecule has 0 heterocycles. The molecule has 0 atom stereocenters. The third-order valence-corrected chi connectivity index (χ3v) is 3.01. The molecule has 0 aliphatic heterocycles. The standard InChI is InChI=1S/C17H14F2N2O4/c1-24-17(23)12-4-2-11(3-5-12)9-20-25-10-16(22)21-13-6-7-14(18)15(19)8-13/h2-9H,10H2,1H3,(H,21,22)/b20-9+. The van der Waals surface area contributed by atoms with Crippen LogP contribution in [-0.2, 0) is 14.4 Å². The molecule has 0 bridgehead atoms. The topological polar surface area (TPSA) is 77.0 Å². The zero-order chi connectivity index (χ0) is 18.2. The maximum Gasteiger partial charge on any atom is 0.337 e. The number of rotatable bonds is 6. The predicted octanol–water partition coefficient (Wildman–Crippen LogP) is 2.74. The minimum atomic E-state index is -1.06. The van der Waals surface area contributed by atoms with Crippen molar-refractivity contribution in [3.05, 3.63) is 65.2 Å². The number of hydrogen-bond acceptors (Lipinski definition) is 5. The minimum absolute atomic E-state index is 0.106. The molecule has 2 aromatic rings. The van der Waals surface area contributed by atoms with Gasteiger partial charge in [-0.1, -0.05) is 17.3 Å². The second kappa shape index (κ2) is 8.53. The Morgan fingerprint density at radius 2 is 1.84 bits per heavy atom. The van der Waals surface area contributed by atoms with Crippen molar-refractivity contribution in [3.63, 3.8) is 0 Å². The Labute approximate surface area is 142 Å². The van der Waals surface area contributed by atoms with Crippen molar-refractivity contribution in [2.45, 2.75) is 0 Å². The van der Waals surface area contributed by atoms with Crippen LogP contribution in [0, 0.1) is 11.6 Å². The molecule has 25 heavy (non-hydrogen) atoms. The number of oxime groups is 1. The summed E-state index contributed by atoms with van der Waals surface area (Å²) in [7, 11) is 1.29. The van der Waals surface area contributed by atoms with Crippen molar-refractivity contribution in [1.82, 2.24) is 0 Å². The molecule has 0 radical (unpaired) electrons. The molecule has 0 aromatic heterocycles. The first-order valence-electron chi connectivity index (χ1n) is 7.08. The summed E-state index contributed by atoms with van der Waals surface area (Å²) in [4.78, 5) is 27.7. The highest BCUT2D eigenvalue weighted by Gasteiger charge is 2.06. The molecular weight excluding hydrogens is 334 g/mol. The van der Waals surface area contributed by atoms with E-state index in [-0.39, 0.29) is 5.69 Å². The largest absolute Gasteiger partial charge is 0.465 e. The van der Waals surface area contributed by atoms with Crippen LogP contribution in [-0.4, -0.2) is 31.8 Å². The molecule has 0 unspecified atom stereocenters. The number of nitrogens with one attached hydrogen (secondary N) is 1. The molecule has 0 saturated heterocycles. The van der Waals surface area contributed by atoms with E-state index in [1.54, 1.807) is 24.3 Å². The van der Waals surface area contributed by atoms with E-state index >= 15 is 0 Å². The number of benzene rings is 2. The molecule has 2 rings (SSSR count). The Balaban J connectivity index is 1.81. The van der Waals surface area contributed by atoms with Gasteiger partial charge in [0.25, 0.3) is 5.91 Å². The minimum Gasteiger partial charge on any atom is -0.465 e. The van der Waals surface area contributed by atoms with E-state index in [0.717, 1.165) is 12.1 Å². The van der Waals surface area contributed by atoms with Gasteiger partial charge in [-0.05, 0) is 29.8 Å². The van der Waals surface area contributed by atoms with Gasteiger partial charge in [-0.15, -0.1) is 0 Å². The van der Waals surface area contributed by atoms with Gasteiger partial charge >= 0.3 is 5.97 Å². The highest BCUT2D eigenvalue weighted by atomic mass is 19.2. The van der Waals surface area contributed by atoms with Crippen LogP contribution in [0.15, 0.2) is 47.6 Å². The number of carbonyl (C=O) groups is 2. The number of nitrogens with zero attached hydrogens (tertiary/aromatic N) is 1. The number of methoxy groups -OCH3 is 1. The first-order chi connectivity index (χ1) is 12.0. The molecule has 6 nitrogen and oxygen atoms in total. The van der Waals surface area contributed by atoms with Gasteiger partial charge in [-0.3, -0.25) is 4.79 Å². The predicted molar refractivity (Wildman–Crippen MR) is 86.3 cm³/mol. The van der Waals surface area contributed by atoms with Gasteiger partial charge in [0.05, 0.1) is 18.9 Å². The highest BCUT2D eigenvalue weighted by molar-refractivity contribution is 5.92. The summed E-state index contributed by atoms with van der Waals surface area (Å²) in [6.45, 7) is -0.407. The number of halogens is 2. The Hall–Kier alpha value is -3.29. The number of esters is 1. The van der Waals surface area contributed by atoms with E-state index < -0.39 is 30.1 Å². The van der Waals surface area contributed by atoms with Gasteiger partial charge in [0.1, 0.15) is 0 Å². The van der Waals surface area contributed by atoms with Crippen LogP contribution in [0.2, 0.25) is 0 Å². The first-order valence-corrected chi connectivity index (χ1v) is 7.08. The third kappa shape index (κ3) is 5.38. The molecule has 0 aliphatic rings. The van der Waals surface area contributed by atoms with Gasteiger partial charge in [-0.25, -0.2) is 13.6 Å². The van der Waals surface area contributed by atoms with Crippen LogP contribution in [0.25, 0.3) is 0 Å². The average molecular weight is 348 g/mol. The second-order valence-corrected chi connectivity index (χ2v) is 4.80. The summed E-state index contributed by atoms with van der Waals surface area (Å²) in [5.74, 6) is -3.10. The molecule has 2 aromatic carbocycles. The van der Waals surface area contributed by atoms with E-state index in [0.29, 0.717) is 11.1 Å². The van der Waals surface area contributed by atoms with Crippen molar-refractivity contribution in [1.29, 1.82) is 0 Å². The SMILES string of the molecule is COC(=O)c1ccc(/C=N/OCC(=O)Nc2ccc(F)c(F)c2)cc1. The first kappa shape index (κ1) is 18.1. The fourth-order valence-electron chi connectivity index (χ4n) is 1.79. The average Bonchev–Trinajstić information content (AvgIpc) is 2.62. The third-order valence-electron chi connectivity index (χ3n) is 3.01. The van der Waals surface area contributed by atoms with Crippen molar-refractivity contribution in [3.8, 4) is 0 Å². The van der Waals surface area contributed by atoms with E-state index in [1.807, 2.05) is 0 Å². The van der Waals surface area contributed by atoms with Gasteiger partial charge < -0.3 is 14.9 Å². The molecule has 1 N–H and O–H groups in total. The zero-order valence-electron chi connectivity index (χ0n) is 13.2. The summed E-state index contributed by atoms with van der Waals surface area (Å²) in [5.41, 5.74) is 1.15. The number of ether oxygens (including phenoxy) is 1. The lowest BCUT2D eigenvalue weighted by molar-refractivity contribution is -0.120. The van der Waals surface area contributed by atoms with Gasteiger partial charge in [0, 0.05) is 11.8 Å². The Kier molecular flexibility index (Phi) is 6.16.